The van der Waals surface area contributed by atoms with Crippen LogP contribution in [-0.4, -0.2) is 47.8 Å². The Kier molecular flexibility index (Phi) is 6.74. The third-order valence-electron chi connectivity index (χ3n) is 5.55. The van der Waals surface area contributed by atoms with Crippen molar-refractivity contribution in [1.29, 1.82) is 0 Å². The van der Waals surface area contributed by atoms with E-state index in [9.17, 15) is 36.0 Å². The molecule has 13 heteroatoms. The molecule has 1 fully saturated rings. The number of aromatic nitrogens is 1. The van der Waals surface area contributed by atoms with Gasteiger partial charge in [-0.3, -0.25) is 4.79 Å². The van der Waals surface area contributed by atoms with Crippen molar-refractivity contribution in [2.24, 2.45) is 0 Å². The van der Waals surface area contributed by atoms with Crippen LogP contribution in [0.4, 0.5) is 23.7 Å². The fourth-order valence-corrected chi connectivity index (χ4v) is 4.35. The second-order valence-electron chi connectivity index (χ2n) is 7.96. The van der Waals surface area contributed by atoms with Gasteiger partial charge in [-0.15, -0.1) is 0 Å². The van der Waals surface area contributed by atoms with Crippen molar-refractivity contribution in [3.8, 4) is 5.88 Å². The summed E-state index contributed by atoms with van der Waals surface area (Å²) in [7, 11) is -5.58. The van der Waals surface area contributed by atoms with Gasteiger partial charge in [0.25, 0.3) is 15.7 Å². The zero-order chi connectivity index (χ0) is 27.0. The highest BCUT2D eigenvalue weighted by molar-refractivity contribution is 7.92. The fourth-order valence-electron chi connectivity index (χ4n) is 3.59. The number of amides is 3. The number of esters is 1. The standard InChI is InChI=1S/C24H18F3N3O6S/c1-15-21(31)30(18-7-9-19(10-8-18)37(34,35)24(25,26)27)23(33)29(15)14-16-11-12-28-20(13-16)36-22(32)17-5-3-2-4-6-17/h2-13,15H,14H2,1H3. The number of halogens is 3. The summed E-state index contributed by atoms with van der Waals surface area (Å²) in [5.74, 6) is -1.30. The van der Waals surface area contributed by atoms with Crippen molar-refractivity contribution in [2.75, 3.05) is 4.90 Å². The SMILES string of the molecule is CC1C(=O)N(c2ccc(S(=O)(=O)C(F)(F)F)cc2)C(=O)N1Cc1ccnc(OC(=O)c2ccccc2)c1. The highest BCUT2D eigenvalue weighted by Crippen LogP contribution is 2.33. The maximum absolute atomic E-state index is 13.1. The number of urea groups is 1. The van der Waals surface area contributed by atoms with Gasteiger partial charge >= 0.3 is 17.5 Å². The van der Waals surface area contributed by atoms with Gasteiger partial charge in [-0.05, 0) is 55.0 Å². The average molecular weight is 533 g/mol. The fraction of sp³-hybridized carbons (Fsp3) is 0.167. The maximum atomic E-state index is 13.1. The number of pyridine rings is 1. The largest absolute Gasteiger partial charge is 0.501 e. The Morgan fingerprint density at radius 1 is 1.03 bits per heavy atom. The molecule has 1 aliphatic rings. The predicted octanol–water partition coefficient (Wildman–Crippen LogP) is 3.95. The molecule has 192 valence electrons. The van der Waals surface area contributed by atoms with Gasteiger partial charge in [0.2, 0.25) is 5.88 Å². The molecule has 0 bridgehead atoms. The first-order valence-corrected chi connectivity index (χ1v) is 12.2. The van der Waals surface area contributed by atoms with Crippen molar-refractivity contribution in [3.05, 3.63) is 84.1 Å². The molecule has 4 rings (SSSR count). The summed E-state index contributed by atoms with van der Waals surface area (Å²) in [4.78, 5) is 43.1. The lowest BCUT2D eigenvalue weighted by Crippen LogP contribution is -2.33. The zero-order valence-corrected chi connectivity index (χ0v) is 19.9. The number of hydrogen-bond donors (Lipinski definition) is 0. The number of carbonyl (C=O) groups excluding carboxylic acids is 3. The summed E-state index contributed by atoms with van der Waals surface area (Å²) in [6.07, 6.45) is 1.37. The van der Waals surface area contributed by atoms with Crippen molar-refractivity contribution in [2.45, 2.75) is 29.9 Å². The van der Waals surface area contributed by atoms with Crippen LogP contribution in [0.1, 0.15) is 22.8 Å². The smallest absolute Gasteiger partial charge is 0.404 e. The first-order valence-electron chi connectivity index (χ1n) is 10.7. The summed E-state index contributed by atoms with van der Waals surface area (Å²) in [6.45, 7) is 1.40. The van der Waals surface area contributed by atoms with E-state index in [1.54, 1.807) is 36.4 Å². The monoisotopic (exact) mass is 533 g/mol. The Morgan fingerprint density at radius 3 is 2.30 bits per heavy atom. The van der Waals surface area contributed by atoms with Gasteiger partial charge < -0.3 is 9.64 Å². The van der Waals surface area contributed by atoms with Crippen LogP contribution < -0.4 is 9.64 Å². The summed E-state index contributed by atoms with van der Waals surface area (Å²) in [5, 5.41) is 0. The first-order chi connectivity index (χ1) is 17.4. The summed E-state index contributed by atoms with van der Waals surface area (Å²) in [6, 6.07) is 12.8. The molecule has 0 saturated carbocycles. The molecule has 37 heavy (non-hydrogen) atoms. The Balaban J connectivity index is 1.51. The van der Waals surface area contributed by atoms with Gasteiger partial charge in [-0.1, -0.05) is 18.2 Å². The van der Waals surface area contributed by atoms with E-state index in [1.165, 1.54) is 24.1 Å². The number of ether oxygens (including phenoxy) is 1. The molecule has 0 N–H and O–H groups in total. The molecule has 1 unspecified atom stereocenters. The highest BCUT2D eigenvalue weighted by Gasteiger charge is 2.47. The van der Waals surface area contributed by atoms with Gasteiger partial charge in [-0.2, -0.15) is 13.2 Å². The van der Waals surface area contributed by atoms with Gasteiger partial charge in [0.1, 0.15) is 6.04 Å². The minimum absolute atomic E-state index is 0.0182. The number of benzene rings is 2. The molecule has 2 heterocycles. The molecule has 2 aromatic carbocycles. The van der Waals surface area contributed by atoms with Gasteiger partial charge in [0.15, 0.2) is 0 Å². The number of carbonyl (C=O) groups is 3. The zero-order valence-electron chi connectivity index (χ0n) is 19.0. The number of hydrogen-bond acceptors (Lipinski definition) is 7. The number of nitrogens with zero attached hydrogens (tertiary/aromatic N) is 3. The van der Waals surface area contributed by atoms with Crippen LogP contribution in [0.3, 0.4) is 0 Å². The minimum atomic E-state index is -5.58. The van der Waals surface area contributed by atoms with E-state index < -0.39 is 44.2 Å². The van der Waals surface area contributed by atoms with Crippen LogP contribution in [0.5, 0.6) is 5.88 Å². The van der Waals surface area contributed by atoms with E-state index in [-0.39, 0.29) is 18.1 Å². The van der Waals surface area contributed by atoms with Crippen LogP contribution in [0.25, 0.3) is 0 Å². The second kappa shape index (κ2) is 9.65. The molecular weight excluding hydrogens is 515 g/mol. The molecule has 0 spiro atoms. The Labute approximate surface area is 209 Å². The normalized spacial score (nSPS) is 16.3. The van der Waals surface area contributed by atoms with Crippen molar-refractivity contribution < 1.29 is 40.7 Å². The minimum Gasteiger partial charge on any atom is -0.404 e. The van der Waals surface area contributed by atoms with Gasteiger partial charge in [0.05, 0.1) is 16.1 Å². The van der Waals surface area contributed by atoms with E-state index in [1.807, 2.05) is 0 Å². The maximum Gasteiger partial charge on any atom is 0.501 e. The highest BCUT2D eigenvalue weighted by atomic mass is 32.2. The van der Waals surface area contributed by atoms with E-state index in [2.05, 4.69) is 4.98 Å². The second-order valence-corrected chi connectivity index (χ2v) is 9.90. The van der Waals surface area contributed by atoms with Gasteiger partial charge in [0, 0.05) is 18.8 Å². The Hall–Kier alpha value is -4.26. The molecule has 1 aromatic heterocycles. The number of imide groups is 1. The molecule has 9 nitrogen and oxygen atoms in total. The number of anilines is 1. The summed E-state index contributed by atoms with van der Waals surface area (Å²) >= 11 is 0. The van der Waals surface area contributed by atoms with Crippen LogP contribution in [0.2, 0.25) is 0 Å². The van der Waals surface area contributed by atoms with Crippen molar-refractivity contribution in [1.82, 2.24) is 9.88 Å². The molecule has 3 aromatic rings. The summed E-state index contributed by atoms with van der Waals surface area (Å²) < 4.78 is 66.8. The summed E-state index contributed by atoms with van der Waals surface area (Å²) in [5.41, 5.74) is -4.77. The average Bonchev–Trinajstić information content (AvgIpc) is 3.07. The lowest BCUT2D eigenvalue weighted by Gasteiger charge is -2.19. The first kappa shape index (κ1) is 25.8. The third-order valence-corrected chi connectivity index (χ3v) is 7.05. The topological polar surface area (TPSA) is 114 Å². The number of rotatable bonds is 6. The van der Waals surface area contributed by atoms with E-state index >= 15 is 0 Å². The Bertz CT molecular complexity index is 1460. The molecular formula is C24H18F3N3O6S. The lowest BCUT2D eigenvalue weighted by atomic mass is 10.2. The quantitative estimate of drug-likeness (QED) is 0.348. The number of sulfone groups is 1. The van der Waals surface area contributed by atoms with Crippen molar-refractivity contribution >= 4 is 33.4 Å². The number of alkyl halides is 3. The molecule has 3 amide bonds. The van der Waals surface area contributed by atoms with Crippen molar-refractivity contribution in [3.63, 3.8) is 0 Å². The van der Waals surface area contributed by atoms with Crippen LogP contribution in [-0.2, 0) is 21.2 Å². The molecule has 0 radical (unpaired) electrons. The lowest BCUT2D eigenvalue weighted by molar-refractivity contribution is -0.119. The van der Waals surface area contributed by atoms with E-state index in [0.717, 1.165) is 17.0 Å². The van der Waals surface area contributed by atoms with Crippen LogP contribution in [0, 0.1) is 0 Å². The molecule has 1 saturated heterocycles. The Morgan fingerprint density at radius 2 is 1.68 bits per heavy atom. The molecule has 1 aliphatic heterocycles. The molecule has 0 aliphatic carbocycles. The molecule has 1 atom stereocenters. The third kappa shape index (κ3) is 5.03. The van der Waals surface area contributed by atoms with E-state index in [0.29, 0.717) is 23.3 Å². The van der Waals surface area contributed by atoms with Gasteiger partial charge in [-0.25, -0.2) is 27.9 Å². The van der Waals surface area contributed by atoms with E-state index in [4.69, 9.17) is 4.74 Å². The predicted molar refractivity (Wildman–Crippen MR) is 123 cm³/mol. The van der Waals surface area contributed by atoms with Crippen LogP contribution in [0.15, 0.2) is 77.8 Å². The van der Waals surface area contributed by atoms with Crippen LogP contribution >= 0.6 is 0 Å².